The third-order valence-corrected chi connectivity index (χ3v) is 3.11. The number of aliphatic hydroxyl groups is 1. The summed E-state index contributed by atoms with van der Waals surface area (Å²) in [6.45, 7) is 0. The first-order chi connectivity index (χ1) is 6.59. The Hall–Kier alpha value is -0.600. The van der Waals surface area contributed by atoms with Crippen LogP contribution >= 0.6 is 11.6 Å². The van der Waals surface area contributed by atoms with Crippen LogP contribution in [0.1, 0.15) is 24.8 Å². The minimum absolute atomic E-state index is 0.134. The minimum atomic E-state index is -0.597. The molecule has 0 unspecified atom stereocenters. The second-order valence-electron chi connectivity index (χ2n) is 4.00. The van der Waals surface area contributed by atoms with Crippen LogP contribution < -0.4 is 0 Å². The molecule has 0 amide bonds. The Morgan fingerprint density at radius 1 is 1.43 bits per heavy atom. The molecule has 1 aliphatic carbocycles. The molecule has 0 saturated heterocycles. The van der Waals surface area contributed by atoms with E-state index < -0.39 is 11.4 Å². The zero-order valence-electron chi connectivity index (χ0n) is 7.76. The van der Waals surface area contributed by atoms with Gasteiger partial charge in [-0.15, -0.1) is 0 Å². The van der Waals surface area contributed by atoms with E-state index in [1.54, 1.807) is 6.07 Å². The van der Waals surface area contributed by atoms with Crippen molar-refractivity contribution in [2.24, 2.45) is 0 Å². The zero-order chi connectivity index (χ0) is 10.2. The molecule has 1 aromatic rings. The highest BCUT2D eigenvalue weighted by atomic mass is 35.5. The van der Waals surface area contributed by atoms with Crippen LogP contribution in [-0.4, -0.2) is 10.7 Å². The lowest BCUT2D eigenvalue weighted by Crippen LogP contribution is -2.38. The lowest BCUT2D eigenvalue weighted by molar-refractivity contribution is -0.0323. The summed E-state index contributed by atoms with van der Waals surface area (Å²) in [4.78, 5) is 0. The van der Waals surface area contributed by atoms with Gasteiger partial charge in [0.2, 0.25) is 0 Å². The summed E-state index contributed by atoms with van der Waals surface area (Å²) < 4.78 is 13.1. The summed E-state index contributed by atoms with van der Waals surface area (Å²) in [6, 6.07) is 4.70. The number of hydrogen-bond acceptors (Lipinski definition) is 1. The number of hydrogen-bond donors (Lipinski definition) is 1. The van der Waals surface area contributed by atoms with E-state index in [1.807, 2.05) is 0 Å². The molecular formula is C11H12ClFO. The Morgan fingerprint density at radius 3 is 2.64 bits per heavy atom. The van der Waals surface area contributed by atoms with Gasteiger partial charge in [-0.1, -0.05) is 17.7 Å². The van der Waals surface area contributed by atoms with Crippen molar-refractivity contribution < 1.29 is 9.50 Å². The van der Waals surface area contributed by atoms with E-state index in [0.29, 0.717) is 6.42 Å². The molecule has 76 valence electrons. The fraction of sp³-hybridized carbons (Fsp3) is 0.455. The third-order valence-electron chi connectivity index (χ3n) is 2.80. The summed E-state index contributed by atoms with van der Waals surface area (Å²) in [5, 5.41) is 10.0. The van der Waals surface area contributed by atoms with Crippen LogP contribution in [0.2, 0.25) is 5.02 Å². The normalized spacial score (nSPS) is 19.1. The first-order valence-electron chi connectivity index (χ1n) is 4.75. The van der Waals surface area contributed by atoms with Crippen LogP contribution in [0.3, 0.4) is 0 Å². The molecule has 0 aliphatic heterocycles. The minimum Gasteiger partial charge on any atom is -0.390 e. The Balaban J connectivity index is 2.13. The van der Waals surface area contributed by atoms with Gasteiger partial charge < -0.3 is 5.11 Å². The summed E-state index contributed by atoms with van der Waals surface area (Å²) in [5.74, 6) is -0.410. The van der Waals surface area contributed by atoms with E-state index in [1.165, 1.54) is 12.1 Å². The summed E-state index contributed by atoms with van der Waals surface area (Å²) in [6.07, 6.45) is 3.22. The molecule has 1 aliphatic rings. The first-order valence-corrected chi connectivity index (χ1v) is 5.13. The van der Waals surface area contributed by atoms with Gasteiger partial charge in [-0.25, -0.2) is 4.39 Å². The number of rotatable bonds is 2. The molecule has 1 aromatic carbocycles. The summed E-state index contributed by atoms with van der Waals surface area (Å²) in [5.41, 5.74) is 0.217. The standard InChI is InChI=1S/C11H12ClFO/c12-9-3-2-8(6-10(9)13)7-11(14)4-1-5-11/h2-3,6,14H,1,4-5,7H2. The maximum absolute atomic E-state index is 13.1. The van der Waals surface area contributed by atoms with Crippen molar-refractivity contribution in [3.8, 4) is 0 Å². The van der Waals surface area contributed by atoms with Crippen molar-refractivity contribution in [2.75, 3.05) is 0 Å². The monoisotopic (exact) mass is 214 g/mol. The van der Waals surface area contributed by atoms with Crippen molar-refractivity contribution in [3.05, 3.63) is 34.6 Å². The molecule has 1 N–H and O–H groups in total. The Bertz CT molecular complexity index is 347. The van der Waals surface area contributed by atoms with E-state index in [0.717, 1.165) is 24.8 Å². The molecule has 1 nitrogen and oxygen atoms in total. The first kappa shape index (κ1) is 9.94. The van der Waals surface area contributed by atoms with Gasteiger partial charge >= 0.3 is 0 Å². The predicted octanol–water partition coefficient (Wildman–Crippen LogP) is 2.94. The predicted molar refractivity (Wildman–Crippen MR) is 53.9 cm³/mol. The largest absolute Gasteiger partial charge is 0.390 e. The molecule has 0 heterocycles. The van der Waals surface area contributed by atoms with Crippen LogP contribution in [0.15, 0.2) is 18.2 Å². The summed E-state index contributed by atoms with van der Waals surface area (Å²) in [7, 11) is 0. The van der Waals surface area contributed by atoms with Gasteiger partial charge in [-0.05, 0) is 37.0 Å². The molecule has 0 bridgehead atoms. The molecule has 2 rings (SSSR count). The molecule has 3 heteroatoms. The molecule has 0 radical (unpaired) electrons. The van der Waals surface area contributed by atoms with Gasteiger partial charge in [0.25, 0.3) is 0 Å². The van der Waals surface area contributed by atoms with Gasteiger partial charge in [0.1, 0.15) is 5.82 Å². The highest BCUT2D eigenvalue weighted by Gasteiger charge is 2.34. The van der Waals surface area contributed by atoms with Crippen molar-refractivity contribution in [1.82, 2.24) is 0 Å². The van der Waals surface area contributed by atoms with Gasteiger partial charge in [0, 0.05) is 6.42 Å². The Kier molecular flexibility index (Phi) is 2.50. The quantitative estimate of drug-likeness (QED) is 0.803. The molecule has 1 fully saturated rings. The van der Waals surface area contributed by atoms with Crippen LogP contribution in [0.25, 0.3) is 0 Å². The lowest BCUT2D eigenvalue weighted by Gasteiger charge is -2.36. The van der Waals surface area contributed by atoms with Crippen molar-refractivity contribution >= 4 is 11.6 Å². The van der Waals surface area contributed by atoms with Gasteiger partial charge in [-0.2, -0.15) is 0 Å². The van der Waals surface area contributed by atoms with Gasteiger partial charge in [0.05, 0.1) is 10.6 Å². The van der Waals surface area contributed by atoms with Gasteiger partial charge in [0.15, 0.2) is 0 Å². The van der Waals surface area contributed by atoms with Crippen LogP contribution in [0.5, 0.6) is 0 Å². The van der Waals surface area contributed by atoms with E-state index in [9.17, 15) is 9.50 Å². The molecule has 0 spiro atoms. The van der Waals surface area contributed by atoms with E-state index >= 15 is 0 Å². The van der Waals surface area contributed by atoms with E-state index in [4.69, 9.17) is 11.6 Å². The third kappa shape index (κ3) is 1.91. The maximum Gasteiger partial charge on any atom is 0.142 e. The van der Waals surface area contributed by atoms with Crippen LogP contribution in [-0.2, 0) is 6.42 Å². The zero-order valence-corrected chi connectivity index (χ0v) is 8.52. The second-order valence-corrected chi connectivity index (χ2v) is 4.41. The highest BCUT2D eigenvalue weighted by Crippen LogP contribution is 2.35. The van der Waals surface area contributed by atoms with Crippen LogP contribution in [0.4, 0.5) is 4.39 Å². The molecule has 0 aromatic heterocycles. The molecular weight excluding hydrogens is 203 g/mol. The smallest absolute Gasteiger partial charge is 0.142 e. The Labute approximate surface area is 87.5 Å². The fourth-order valence-corrected chi connectivity index (χ4v) is 1.91. The second kappa shape index (κ2) is 3.52. The fourth-order valence-electron chi connectivity index (χ4n) is 1.79. The van der Waals surface area contributed by atoms with Crippen molar-refractivity contribution in [2.45, 2.75) is 31.3 Å². The Morgan fingerprint density at radius 2 is 2.14 bits per heavy atom. The molecule has 14 heavy (non-hydrogen) atoms. The average molecular weight is 215 g/mol. The molecule has 1 saturated carbocycles. The lowest BCUT2D eigenvalue weighted by atomic mass is 9.76. The average Bonchev–Trinajstić information content (AvgIpc) is 2.09. The number of halogens is 2. The van der Waals surface area contributed by atoms with Gasteiger partial charge in [-0.3, -0.25) is 0 Å². The van der Waals surface area contributed by atoms with E-state index in [2.05, 4.69) is 0 Å². The number of benzene rings is 1. The van der Waals surface area contributed by atoms with Crippen molar-refractivity contribution in [1.29, 1.82) is 0 Å². The SMILES string of the molecule is OC1(Cc2ccc(Cl)c(F)c2)CCC1. The molecule has 0 atom stereocenters. The summed E-state index contributed by atoms with van der Waals surface area (Å²) >= 11 is 5.56. The van der Waals surface area contributed by atoms with Crippen LogP contribution in [0, 0.1) is 5.82 Å². The highest BCUT2D eigenvalue weighted by molar-refractivity contribution is 6.30. The maximum atomic E-state index is 13.1. The van der Waals surface area contributed by atoms with Crippen molar-refractivity contribution in [3.63, 3.8) is 0 Å². The van der Waals surface area contributed by atoms with E-state index in [-0.39, 0.29) is 5.02 Å². The topological polar surface area (TPSA) is 20.2 Å².